The topological polar surface area (TPSA) is 26.3 Å². The highest BCUT2D eigenvalue weighted by atomic mass is 19.2. The van der Waals surface area contributed by atoms with Crippen LogP contribution >= 0.6 is 0 Å². The molecule has 0 saturated carbocycles. The van der Waals surface area contributed by atoms with Crippen LogP contribution in [0.3, 0.4) is 0 Å². The Morgan fingerprint density at radius 1 is 1.25 bits per heavy atom. The van der Waals surface area contributed by atoms with E-state index in [2.05, 4.69) is 4.74 Å². The van der Waals surface area contributed by atoms with E-state index in [0.717, 1.165) is 13.2 Å². The van der Waals surface area contributed by atoms with Gasteiger partial charge in [-0.15, -0.1) is 0 Å². The Morgan fingerprint density at radius 2 is 1.81 bits per heavy atom. The van der Waals surface area contributed by atoms with Crippen molar-refractivity contribution < 1.29 is 22.7 Å². The Hall–Kier alpha value is -1.52. The average Bonchev–Trinajstić information content (AvgIpc) is 2.22. The number of benzene rings is 1. The number of carbonyl (C=O) groups excluding carboxylic acids is 1. The van der Waals surface area contributed by atoms with Gasteiger partial charge in [0.25, 0.3) is 0 Å². The molecule has 0 spiro atoms. The van der Waals surface area contributed by atoms with Crippen LogP contribution in [-0.4, -0.2) is 13.1 Å². The largest absolute Gasteiger partial charge is 0.465 e. The number of rotatable bonds is 2. The third-order valence-corrected chi connectivity index (χ3v) is 2.20. The fourth-order valence-corrected chi connectivity index (χ4v) is 1.32. The van der Waals surface area contributed by atoms with Crippen LogP contribution in [0.2, 0.25) is 0 Å². The first-order chi connectivity index (χ1) is 7.40. The molecule has 0 aliphatic heterocycles. The number of hydrogen-bond donors (Lipinski definition) is 0. The van der Waals surface area contributed by atoms with Crippen molar-refractivity contribution in [2.45, 2.75) is 19.8 Å². The first kappa shape index (κ1) is 12.5. The van der Waals surface area contributed by atoms with E-state index in [4.69, 9.17) is 0 Å². The van der Waals surface area contributed by atoms with Crippen LogP contribution in [0.5, 0.6) is 0 Å². The second-order valence-corrected chi connectivity index (χ2v) is 3.60. The van der Waals surface area contributed by atoms with E-state index in [-0.39, 0.29) is 11.5 Å². The Balaban J connectivity index is 3.46. The molecule has 1 aromatic carbocycles. The summed E-state index contributed by atoms with van der Waals surface area (Å²) >= 11 is 0. The maximum absolute atomic E-state index is 13.4. The summed E-state index contributed by atoms with van der Waals surface area (Å²) in [7, 11) is 0.968. The van der Waals surface area contributed by atoms with Gasteiger partial charge in [-0.25, -0.2) is 18.0 Å². The van der Waals surface area contributed by atoms with Gasteiger partial charge in [-0.3, -0.25) is 0 Å². The van der Waals surface area contributed by atoms with E-state index < -0.39 is 29.0 Å². The zero-order chi connectivity index (χ0) is 12.5. The van der Waals surface area contributed by atoms with Crippen LogP contribution in [0.1, 0.15) is 35.7 Å². The van der Waals surface area contributed by atoms with Crippen molar-refractivity contribution in [3.8, 4) is 0 Å². The number of methoxy groups -OCH3 is 1. The fraction of sp³-hybridized carbons (Fsp3) is 0.364. The Morgan fingerprint density at radius 3 is 2.25 bits per heavy atom. The van der Waals surface area contributed by atoms with Gasteiger partial charge >= 0.3 is 5.97 Å². The number of ether oxygens (including phenoxy) is 1. The summed E-state index contributed by atoms with van der Waals surface area (Å²) in [6.45, 7) is 3.18. The van der Waals surface area contributed by atoms with Gasteiger partial charge in [0.2, 0.25) is 0 Å². The summed E-state index contributed by atoms with van der Waals surface area (Å²) in [5.41, 5.74) is -1.10. The van der Waals surface area contributed by atoms with E-state index in [0.29, 0.717) is 0 Å². The highest BCUT2D eigenvalue weighted by Gasteiger charge is 2.25. The van der Waals surface area contributed by atoms with Crippen LogP contribution in [0.15, 0.2) is 6.07 Å². The molecule has 2 nitrogen and oxygen atoms in total. The standard InChI is InChI=1S/C11H11F3O2/c1-5(2)6-4-7(12)8(11(15)16-3)10(14)9(6)13/h4-5H,1-3H3. The molecular formula is C11H11F3O2. The maximum atomic E-state index is 13.4. The minimum atomic E-state index is -1.50. The molecule has 0 bridgehead atoms. The molecule has 5 heteroatoms. The minimum absolute atomic E-state index is 0.109. The van der Waals surface area contributed by atoms with E-state index in [1.165, 1.54) is 0 Å². The van der Waals surface area contributed by atoms with Crippen molar-refractivity contribution in [3.05, 3.63) is 34.6 Å². The van der Waals surface area contributed by atoms with Crippen LogP contribution in [0, 0.1) is 17.5 Å². The van der Waals surface area contributed by atoms with Gasteiger partial charge in [-0.2, -0.15) is 0 Å². The van der Waals surface area contributed by atoms with E-state index in [1.807, 2.05) is 0 Å². The lowest BCUT2D eigenvalue weighted by Crippen LogP contribution is -2.12. The summed E-state index contributed by atoms with van der Waals surface area (Å²) in [6, 6.07) is 0.815. The highest BCUT2D eigenvalue weighted by molar-refractivity contribution is 5.90. The molecule has 0 amide bonds. The number of hydrogen-bond acceptors (Lipinski definition) is 2. The summed E-state index contributed by atoms with van der Waals surface area (Å²) in [6.07, 6.45) is 0. The van der Waals surface area contributed by atoms with Gasteiger partial charge in [-0.05, 0) is 17.5 Å². The van der Waals surface area contributed by atoms with Gasteiger partial charge in [0.15, 0.2) is 11.6 Å². The van der Waals surface area contributed by atoms with E-state index in [9.17, 15) is 18.0 Å². The first-order valence-electron chi connectivity index (χ1n) is 4.65. The van der Waals surface area contributed by atoms with Gasteiger partial charge < -0.3 is 4.74 Å². The van der Waals surface area contributed by atoms with E-state index >= 15 is 0 Å². The van der Waals surface area contributed by atoms with Crippen molar-refractivity contribution in [2.24, 2.45) is 0 Å². The smallest absolute Gasteiger partial charge is 0.343 e. The van der Waals surface area contributed by atoms with Gasteiger partial charge in [-0.1, -0.05) is 13.8 Å². The normalized spacial score (nSPS) is 10.7. The molecule has 0 heterocycles. The van der Waals surface area contributed by atoms with Gasteiger partial charge in [0.1, 0.15) is 11.4 Å². The summed E-state index contributed by atoms with van der Waals surface area (Å²) in [4.78, 5) is 11.0. The van der Waals surface area contributed by atoms with Crippen molar-refractivity contribution in [2.75, 3.05) is 7.11 Å². The third-order valence-electron chi connectivity index (χ3n) is 2.20. The van der Waals surface area contributed by atoms with Crippen LogP contribution in [-0.2, 0) is 4.74 Å². The molecular weight excluding hydrogens is 221 g/mol. The molecule has 0 aromatic heterocycles. The Labute approximate surface area is 91.0 Å². The molecule has 0 aliphatic rings. The van der Waals surface area contributed by atoms with Crippen molar-refractivity contribution in [1.82, 2.24) is 0 Å². The third kappa shape index (κ3) is 2.03. The van der Waals surface area contributed by atoms with Crippen molar-refractivity contribution in [1.29, 1.82) is 0 Å². The fourth-order valence-electron chi connectivity index (χ4n) is 1.32. The first-order valence-corrected chi connectivity index (χ1v) is 4.65. The van der Waals surface area contributed by atoms with Gasteiger partial charge in [0.05, 0.1) is 7.11 Å². The summed E-state index contributed by atoms with van der Waals surface area (Å²) < 4.78 is 44.4. The average molecular weight is 232 g/mol. The molecule has 1 aromatic rings. The molecule has 0 atom stereocenters. The number of esters is 1. The minimum Gasteiger partial charge on any atom is -0.465 e. The second-order valence-electron chi connectivity index (χ2n) is 3.60. The zero-order valence-corrected chi connectivity index (χ0v) is 9.11. The lowest BCUT2D eigenvalue weighted by molar-refractivity contribution is 0.0588. The second kappa shape index (κ2) is 4.55. The molecule has 0 unspecified atom stereocenters. The number of carbonyl (C=O) groups is 1. The SMILES string of the molecule is COC(=O)c1c(F)cc(C(C)C)c(F)c1F. The zero-order valence-electron chi connectivity index (χ0n) is 9.11. The summed E-state index contributed by atoms with van der Waals surface area (Å²) in [5, 5.41) is 0. The molecule has 1 rings (SSSR count). The van der Waals surface area contributed by atoms with Gasteiger partial charge in [0, 0.05) is 0 Å². The highest BCUT2D eigenvalue weighted by Crippen LogP contribution is 2.25. The maximum Gasteiger partial charge on any atom is 0.343 e. The molecule has 88 valence electrons. The van der Waals surface area contributed by atoms with Crippen molar-refractivity contribution in [3.63, 3.8) is 0 Å². The lowest BCUT2D eigenvalue weighted by Gasteiger charge is -2.10. The molecule has 0 aliphatic carbocycles. The van der Waals surface area contributed by atoms with E-state index in [1.54, 1.807) is 13.8 Å². The molecule has 0 saturated heterocycles. The van der Waals surface area contributed by atoms with Crippen LogP contribution in [0.25, 0.3) is 0 Å². The summed E-state index contributed by atoms with van der Waals surface area (Å²) in [5.74, 6) is -5.44. The monoisotopic (exact) mass is 232 g/mol. The quantitative estimate of drug-likeness (QED) is 0.578. The molecule has 0 N–H and O–H groups in total. The number of halogens is 3. The molecule has 16 heavy (non-hydrogen) atoms. The predicted octanol–water partition coefficient (Wildman–Crippen LogP) is 3.01. The van der Waals surface area contributed by atoms with Crippen LogP contribution in [0.4, 0.5) is 13.2 Å². The van der Waals surface area contributed by atoms with Crippen LogP contribution < -0.4 is 0 Å². The van der Waals surface area contributed by atoms with Crippen molar-refractivity contribution >= 4 is 5.97 Å². The lowest BCUT2D eigenvalue weighted by atomic mass is 10.00. The predicted molar refractivity (Wildman–Crippen MR) is 51.7 cm³/mol. The molecule has 0 fully saturated rings. The Kier molecular flexibility index (Phi) is 3.57. The molecule has 0 radical (unpaired) electrons. The Bertz CT molecular complexity index is 428.